The molecule has 1 saturated carbocycles. The summed E-state index contributed by atoms with van der Waals surface area (Å²) >= 11 is 0. The van der Waals surface area contributed by atoms with Gasteiger partial charge in [-0.3, -0.25) is 10.4 Å². The van der Waals surface area contributed by atoms with Crippen molar-refractivity contribution < 1.29 is 8.78 Å². The van der Waals surface area contributed by atoms with Gasteiger partial charge in [-0.05, 0) is 18.8 Å². The highest BCUT2D eigenvalue weighted by Crippen LogP contribution is 2.32. The number of halogens is 2. The minimum absolute atomic E-state index is 0.0483. The predicted octanol–water partition coefficient (Wildman–Crippen LogP) is 0.747. The number of nitrogens with two attached hydrogens (primary N) is 2. The molecule has 1 aliphatic heterocycles. The highest BCUT2D eigenvalue weighted by atomic mass is 19.3. The molecule has 0 bridgehead atoms. The van der Waals surface area contributed by atoms with E-state index in [2.05, 4.69) is 4.99 Å². The average Bonchev–Trinajstić information content (AvgIpc) is 3.07. The Morgan fingerprint density at radius 2 is 2.06 bits per heavy atom. The number of hydrogen-bond donors (Lipinski definition) is 3. The largest absolute Gasteiger partial charge is 0.386 e. The van der Waals surface area contributed by atoms with Crippen molar-refractivity contribution in [1.82, 2.24) is 4.90 Å². The van der Waals surface area contributed by atoms with Crippen LogP contribution in [-0.4, -0.2) is 41.7 Å². The van der Waals surface area contributed by atoms with E-state index in [4.69, 9.17) is 16.9 Å². The number of amidine groups is 1. The summed E-state index contributed by atoms with van der Waals surface area (Å²) in [4.78, 5) is 5.58. The highest BCUT2D eigenvalue weighted by molar-refractivity contribution is 5.90. The van der Waals surface area contributed by atoms with E-state index in [-0.39, 0.29) is 24.8 Å². The van der Waals surface area contributed by atoms with E-state index in [0.717, 1.165) is 12.8 Å². The summed E-state index contributed by atoms with van der Waals surface area (Å²) in [5.74, 6) is -2.24. The lowest BCUT2D eigenvalue weighted by Crippen LogP contribution is -2.57. The van der Waals surface area contributed by atoms with Crippen LogP contribution >= 0.6 is 0 Å². The predicted molar refractivity (Wildman–Crippen MR) is 65.8 cm³/mol. The number of nitrogens with one attached hydrogen (secondary N) is 1. The van der Waals surface area contributed by atoms with E-state index in [1.165, 1.54) is 4.90 Å². The summed E-state index contributed by atoms with van der Waals surface area (Å²) < 4.78 is 26.8. The fourth-order valence-corrected chi connectivity index (χ4v) is 2.13. The van der Waals surface area contributed by atoms with Crippen LogP contribution in [0.15, 0.2) is 4.99 Å². The number of piperidine rings is 1. The first-order chi connectivity index (χ1) is 8.39. The van der Waals surface area contributed by atoms with Gasteiger partial charge < -0.3 is 16.4 Å². The van der Waals surface area contributed by atoms with E-state index >= 15 is 0 Å². The van der Waals surface area contributed by atoms with E-state index in [1.807, 2.05) is 0 Å². The van der Waals surface area contributed by atoms with E-state index < -0.39 is 18.4 Å². The molecule has 2 fully saturated rings. The van der Waals surface area contributed by atoms with Gasteiger partial charge in [0.2, 0.25) is 0 Å². The molecule has 102 valence electrons. The third kappa shape index (κ3) is 3.08. The molecule has 5 nitrogen and oxygen atoms in total. The topological polar surface area (TPSA) is 91.5 Å². The molecule has 2 rings (SSSR count). The zero-order valence-electron chi connectivity index (χ0n) is 10.2. The molecule has 0 spiro atoms. The molecule has 1 atom stereocenters. The fraction of sp³-hybridized carbons (Fsp3) is 0.818. The van der Waals surface area contributed by atoms with Crippen molar-refractivity contribution in [3.63, 3.8) is 0 Å². The number of nitrogens with zero attached hydrogens (tertiary/aromatic N) is 2. The summed E-state index contributed by atoms with van der Waals surface area (Å²) in [6.07, 6.45) is 1.56. The van der Waals surface area contributed by atoms with Gasteiger partial charge in [-0.25, -0.2) is 8.78 Å². The minimum Gasteiger partial charge on any atom is -0.386 e. The monoisotopic (exact) mass is 259 g/mol. The lowest BCUT2D eigenvalue weighted by atomic mass is 9.98. The second-order valence-electron chi connectivity index (χ2n) is 5.11. The Balaban J connectivity index is 2.07. The van der Waals surface area contributed by atoms with Crippen molar-refractivity contribution in [1.29, 1.82) is 5.41 Å². The van der Waals surface area contributed by atoms with Crippen LogP contribution in [0.4, 0.5) is 8.78 Å². The van der Waals surface area contributed by atoms with Crippen LogP contribution in [0.3, 0.4) is 0 Å². The van der Waals surface area contributed by atoms with E-state index in [0.29, 0.717) is 12.5 Å². The summed E-state index contributed by atoms with van der Waals surface area (Å²) in [6.45, 7) is 0.645. The lowest BCUT2D eigenvalue weighted by molar-refractivity contribution is -0.0527. The quantitative estimate of drug-likeness (QED) is 0.516. The van der Waals surface area contributed by atoms with Gasteiger partial charge in [0.1, 0.15) is 5.84 Å². The molecule has 5 N–H and O–H groups in total. The van der Waals surface area contributed by atoms with Crippen LogP contribution in [0, 0.1) is 11.3 Å². The maximum absolute atomic E-state index is 13.4. The smallest absolute Gasteiger partial charge is 0.252 e. The summed E-state index contributed by atoms with van der Waals surface area (Å²) in [5, 5.41) is 7.42. The summed E-state index contributed by atoms with van der Waals surface area (Å²) in [7, 11) is 0. The Morgan fingerprint density at radius 3 is 2.61 bits per heavy atom. The molecule has 0 amide bonds. The fourth-order valence-electron chi connectivity index (χ4n) is 2.13. The Kier molecular flexibility index (Phi) is 3.41. The van der Waals surface area contributed by atoms with Gasteiger partial charge >= 0.3 is 0 Å². The molecular formula is C11H19F2N5. The van der Waals surface area contributed by atoms with Crippen molar-refractivity contribution in [2.45, 2.75) is 37.6 Å². The summed E-state index contributed by atoms with van der Waals surface area (Å²) in [6, 6.07) is -0.745. The van der Waals surface area contributed by atoms with Gasteiger partial charge in [-0.2, -0.15) is 0 Å². The Bertz CT molecular complexity index is 364. The van der Waals surface area contributed by atoms with E-state index in [1.54, 1.807) is 0 Å². The molecule has 0 radical (unpaired) electrons. The van der Waals surface area contributed by atoms with Gasteiger partial charge in [-0.1, -0.05) is 0 Å². The molecule has 18 heavy (non-hydrogen) atoms. The minimum atomic E-state index is -2.75. The SMILES string of the molecule is N=C(N)N1CCC(F)(F)CC1C(N)=NCC1CC1. The van der Waals surface area contributed by atoms with Crippen LogP contribution < -0.4 is 11.5 Å². The number of aliphatic imine (C=N–C) groups is 1. The van der Waals surface area contributed by atoms with Crippen LogP contribution in [0.25, 0.3) is 0 Å². The van der Waals surface area contributed by atoms with Crippen LogP contribution in [0.1, 0.15) is 25.7 Å². The number of rotatable bonds is 3. The van der Waals surface area contributed by atoms with Crippen molar-refractivity contribution in [3.8, 4) is 0 Å². The van der Waals surface area contributed by atoms with Crippen molar-refractivity contribution in [2.24, 2.45) is 22.4 Å². The lowest BCUT2D eigenvalue weighted by Gasteiger charge is -2.39. The molecule has 1 saturated heterocycles. The Labute approximate surface area is 105 Å². The molecule has 0 aromatic carbocycles. The molecule has 1 heterocycles. The van der Waals surface area contributed by atoms with Gasteiger partial charge in [0.25, 0.3) is 5.92 Å². The average molecular weight is 259 g/mol. The van der Waals surface area contributed by atoms with Crippen molar-refractivity contribution in [3.05, 3.63) is 0 Å². The Hall–Kier alpha value is -1.40. The number of alkyl halides is 2. The molecule has 1 aliphatic carbocycles. The van der Waals surface area contributed by atoms with Gasteiger partial charge in [0, 0.05) is 25.9 Å². The van der Waals surface area contributed by atoms with Gasteiger partial charge in [-0.15, -0.1) is 0 Å². The van der Waals surface area contributed by atoms with Gasteiger partial charge in [0.05, 0.1) is 6.04 Å². The number of likely N-dealkylation sites (tertiary alicyclic amines) is 1. The molecule has 2 aliphatic rings. The zero-order valence-corrected chi connectivity index (χ0v) is 10.2. The molecular weight excluding hydrogens is 240 g/mol. The van der Waals surface area contributed by atoms with E-state index in [9.17, 15) is 8.78 Å². The molecule has 0 aromatic rings. The van der Waals surface area contributed by atoms with Crippen LogP contribution in [0.5, 0.6) is 0 Å². The number of hydrogen-bond acceptors (Lipinski definition) is 2. The Morgan fingerprint density at radius 1 is 1.39 bits per heavy atom. The third-order valence-electron chi connectivity index (χ3n) is 3.47. The zero-order chi connectivity index (χ0) is 13.3. The van der Waals surface area contributed by atoms with Crippen LogP contribution in [-0.2, 0) is 0 Å². The van der Waals surface area contributed by atoms with Crippen molar-refractivity contribution in [2.75, 3.05) is 13.1 Å². The van der Waals surface area contributed by atoms with Crippen molar-refractivity contribution >= 4 is 11.8 Å². The first kappa shape index (κ1) is 13.0. The first-order valence-corrected chi connectivity index (χ1v) is 6.17. The first-order valence-electron chi connectivity index (χ1n) is 6.17. The standard InChI is InChI=1S/C11H19F2N5/c12-11(13)3-4-18(10(15)16)8(5-11)9(14)17-6-7-1-2-7/h7-8H,1-6H2,(H2,14,17)(H3,15,16). The second-order valence-corrected chi connectivity index (χ2v) is 5.11. The highest BCUT2D eigenvalue weighted by Gasteiger charge is 2.42. The third-order valence-corrected chi connectivity index (χ3v) is 3.47. The maximum Gasteiger partial charge on any atom is 0.252 e. The summed E-state index contributed by atoms with van der Waals surface area (Å²) in [5.41, 5.74) is 11.2. The normalized spacial score (nSPS) is 28.2. The van der Waals surface area contributed by atoms with Gasteiger partial charge in [0.15, 0.2) is 5.96 Å². The van der Waals surface area contributed by atoms with Crippen LogP contribution in [0.2, 0.25) is 0 Å². The molecule has 1 unspecified atom stereocenters. The number of guanidine groups is 1. The molecule has 0 aromatic heterocycles. The second kappa shape index (κ2) is 4.70. The molecule has 7 heteroatoms. The maximum atomic E-state index is 13.4.